The first-order valence-corrected chi connectivity index (χ1v) is 7.28. The average molecular weight is 313 g/mol. The summed E-state index contributed by atoms with van der Waals surface area (Å²) in [4.78, 5) is 10.1. The lowest BCUT2D eigenvalue weighted by Crippen LogP contribution is -2.12. The van der Waals surface area contributed by atoms with Crippen LogP contribution in [0.5, 0.6) is 0 Å². The lowest BCUT2D eigenvalue weighted by Gasteiger charge is -2.08. The topological polar surface area (TPSA) is 89.3 Å². The van der Waals surface area contributed by atoms with E-state index in [-0.39, 0.29) is 21.3 Å². The predicted octanol–water partition coefficient (Wildman–Crippen LogP) is 3.05. The van der Waals surface area contributed by atoms with Crippen molar-refractivity contribution >= 4 is 33.0 Å². The van der Waals surface area contributed by atoms with E-state index in [9.17, 15) is 18.5 Å². The van der Waals surface area contributed by atoms with Crippen molar-refractivity contribution in [2.24, 2.45) is 0 Å². The van der Waals surface area contributed by atoms with Crippen LogP contribution in [0.4, 0.5) is 11.4 Å². The maximum absolute atomic E-state index is 12.1. The highest BCUT2D eigenvalue weighted by molar-refractivity contribution is 7.92. The molecule has 0 spiro atoms. The molecule has 6 nitrogen and oxygen atoms in total. The van der Waals surface area contributed by atoms with Gasteiger partial charge in [0.15, 0.2) is 0 Å². The van der Waals surface area contributed by atoms with E-state index in [1.54, 1.807) is 18.2 Å². The molecule has 0 amide bonds. The molecule has 0 heterocycles. The van der Waals surface area contributed by atoms with Crippen LogP contribution in [0.3, 0.4) is 0 Å². The summed E-state index contributed by atoms with van der Waals surface area (Å²) in [5.74, 6) is 0. The van der Waals surface area contributed by atoms with Crippen molar-refractivity contribution in [3.63, 3.8) is 0 Å². The van der Waals surface area contributed by atoms with Gasteiger partial charge in [-0.3, -0.25) is 14.8 Å². The molecule has 0 aliphatic heterocycles. The van der Waals surface area contributed by atoms with Gasteiger partial charge >= 0.3 is 0 Å². The van der Waals surface area contributed by atoms with Gasteiger partial charge in [-0.25, -0.2) is 8.42 Å². The summed E-state index contributed by atoms with van der Waals surface area (Å²) in [6.45, 7) is 0. The zero-order valence-corrected chi connectivity index (χ0v) is 11.6. The van der Waals surface area contributed by atoms with Crippen LogP contribution in [0.15, 0.2) is 53.4 Å². The molecule has 20 heavy (non-hydrogen) atoms. The van der Waals surface area contributed by atoms with Gasteiger partial charge in [0.1, 0.15) is 5.02 Å². The van der Waals surface area contributed by atoms with E-state index in [0.29, 0.717) is 0 Å². The van der Waals surface area contributed by atoms with Gasteiger partial charge in [-0.2, -0.15) is 0 Å². The van der Waals surface area contributed by atoms with E-state index < -0.39 is 14.9 Å². The van der Waals surface area contributed by atoms with Crippen molar-refractivity contribution < 1.29 is 13.3 Å². The Labute approximate surface area is 120 Å². The van der Waals surface area contributed by atoms with Gasteiger partial charge in [0.05, 0.1) is 15.5 Å². The van der Waals surface area contributed by atoms with Crippen molar-refractivity contribution in [3.8, 4) is 0 Å². The van der Waals surface area contributed by atoms with Gasteiger partial charge in [0.2, 0.25) is 0 Å². The van der Waals surface area contributed by atoms with Crippen LogP contribution >= 0.6 is 11.6 Å². The van der Waals surface area contributed by atoms with Crippen molar-refractivity contribution in [1.29, 1.82) is 0 Å². The van der Waals surface area contributed by atoms with E-state index in [4.69, 9.17) is 11.6 Å². The molecule has 0 fully saturated rings. The van der Waals surface area contributed by atoms with Crippen molar-refractivity contribution in [2.75, 3.05) is 4.72 Å². The highest BCUT2D eigenvalue weighted by atomic mass is 35.5. The molecule has 0 unspecified atom stereocenters. The number of hydrogen-bond donors (Lipinski definition) is 1. The Kier molecular flexibility index (Phi) is 3.91. The first-order valence-electron chi connectivity index (χ1n) is 5.42. The lowest BCUT2D eigenvalue weighted by molar-refractivity contribution is -0.384. The predicted molar refractivity (Wildman–Crippen MR) is 75.4 cm³/mol. The smallest absolute Gasteiger partial charge is 0.279 e. The Morgan fingerprint density at radius 3 is 2.35 bits per heavy atom. The molecule has 0 saturated carbocycles. The fourth-order valence-corrected chi connectivity index (χ4v) is 2.79. The molecule has 1 N–H and O–H groups in total. The van der Waals surface area contributed by atoms with Gasteiger partial charge in [-0.1, -0.05) is 29.8 Å². The standard InChI is InChI=1S/C12H9ClN2O4S/c13-11-7-6-9(8-12(11)15(16)17)14-20(18,19)10-4-2-1-3-5-10/h1-8,14H. The molecule has 2 aromatic rings. The molecule has 2 aromatic carbocycles. The zero-order valence-electron chi connectivity index (χ0n) is 9.99. The number of nitrogens with zero attached hydrogens (tertiary/aromatic N) is 1. The highest BCUT2D eigenvalue weighted by Gasteiger charge is 2.17. The number of halogens is 1. The second kappa shape index (κ2) is 5.48. The summed E-state index contributed by atoms with van der Waals surface area (Å²) in [5.41, 5.74) is -0.287. The third-order valence-corrected chi connectivity index (χ3v) is 4.17. The Bertz CT molecular complexity index is 747. The Hall–Kier alpha value is -2.12. The van der Waals surface area contributed by atoms with Crippen LogP contribution in [0.2, 0.25) is 5.02 Å². The fraction of sp³-hybridized carbons (Fsp3) is 0. The number of hydrogen-bond acceptors (Lipinski definition) is 4. The summed E-state index contributed by atoms with van der Waals surface area (Å²) in [7, 11) is -3.78. The molecule has 2 rings (SSSR count). The Morgan fingerprint density at radius 1 is 1.10 bits per heavy atom. The van der Waals surface area contributed by atoms with Crippen LogP contribution in [-0.4, -0.2) is 13.3 Å². The third kappa shape index (κ3) is 3.06. The van der Waals surface area contributed by atoms with Crippen LogP contribution in [0, 0.1) is 10.1 Å². The maximum atomic E-state index is 12.1. The van der Waals surface area contributed by atoms with E-state index in [2.05, 4.69) is 4.72 Å². The largest absolute Gasteiger partial charge is 0.289 e. The first kappa shape index (κ1) is 14.3. The summed E-state index contributed by atoms with van der Waals surface area (Å²) in [5, 5.41) is 10.7. The average Bonchev–Trinajstić information content (AvgIpc) is 2.41. The molecular formula is C12H9ClN2O4S. The minimum absolute atomic E-state index is 0.0577. The van der Waals surface area contributed by atoms with Crippen molar-refractivity contribution in [1.82, 2.24) is 0 Å². The second-order valence-electron chi connectivity index (χ2n) is 3.84. The summed E-state index contributed by atoms with van der Waals surface area (Å²) < 4.78 is 26.4. The van der Waals surface area contributed by atoms with Crippen LogP contribution < -0.4 is 4.72 Å². The number of benzene rings is 2. The van der Waals surface area contributed by atoms with Gasteiger partial charge in [-0.05, 0) is 24.3 Å². The maximum Gasteiger partial charge on any atom is 0.289 e. The molecule has 0 aromatic heterocycles. The van der Waals surface area contributed by atoms with E-state index >= 15 is 0 Å². The molecule has 0 aliphatic rings. The quantitative estimate of drug-likeness (QED) is 0.694. The summed E-state index contributed by atoms with van der Waals surface area (Å²) >= 11 is 5.66. The van der Waals surface area contributed by atoms with Crippen LogP contribution in [-0.2, 0) is 10.0 Å². The minimum Gasteiger partial charge on any atom is -0.279 e. The lowest BCUT2D eigenvalue weighted by atomic mass is 10.3. The van der Waals surface area contributed by atoms with Crippen LogP contribution in [0.25, 0.3) is 0 Å². The highest BCUT2D eigenvalue weighted by Crippen LogP contribution is 2.28. The van der Waals surface area contributed by atoms with Gasteiger partial charge < -0.3 is 0 Å². The fourth-order valence-electron chi connectivity index (χ4n) is 1.53. The third-order valence-electron chi connectivity index (χ3n) is 2.45. The Balaban J connectivity index is 2.36. The van der Waals surface area contributed by atoms with Crippen LogP contribution in [0.1, 0.15) is 0 Å². The number of nitrogens with one attached hydrogen (secondary N) is 1. The van der Waals surface area contributed by atoms with E-state index in [1.807, 2.05) is 0 Å². The SMILES string of the molecule is O=[N+]([O-])c1cc(NS(=O)(=O)c2ccccc2)ccc1Cl. The summed E-state index contributed by atoms with van der Waals surface area (Å²) in [6, 6.07) is 11.4. The number of anilines is 1. The van der Waals surface area contributed by atoms with Crippen molar-refractivity contribution in [3.05, 3.63) is 63.7 Å². The van der Waals surface area contributed by atoms with Gasteiger partial charge in [0, 0.05) is 6.07 Å². The molecule has 0 saturated heterocycles. The Morgan fingerprint density at radius 2 is 1.75 bits per heavy atom. The summed E-state index contributed by atoms with van der Waals surface area (Å²) in [6.07, 6.45) is 0. The number of rotatable bonds is 4. The molecule has 0 bridgehead atoms. The monoisotopic (exact) mass is 312 g/mol. The van der Waals surface area contributed by atoms with E-state index in [1.165, 1.54) is 24.3 Å². The van der Waals surface area contributed by atoms with Gasteiger partial charge in [0.25, 0.3) is 15.7 Å². The molecular weight excluding hydrogens is 304 g/mol. The number of nitro groups is 1. The second-order valence-corrected chi connectivity index (χ2v) is 5.93. The number of sulfonamides is 1. The van der Waals surface area contributed by atoms with Crippen molar-refractivity contribution in [2.45, 2.75) is 4.90 Å². The molecule has 8 heteroatoms. The van der Waals surface area contributed by atoms with Gasteiger partial charge in [-0.15, -0.1) is 0 Å². The minimum atomic E-state index is -3.78. The molecule has 0 atom stereocenters. The molecule has 104 valence electrons. The first-order chi connectivity index (χ1) is 9.40. The van der Waals surface area contributed by atoms with E-state index in [0.717, 1.165) is 6.07 Å². The number of nitro benzene ring substituents is 1. The normalized spacial score (nSPS) is 11.1. The molecule has 0 aliphatic carbocycles. The zero-order chi connectivity index (χ0) is 14.8. The molecule has 0 radical (unpaired) electrons.